The molecule has 0 unspecified atom stereocenters. The molecule has 0 radical (unpaired) electrons. The highest BCUT2D eigenvalue weighted by Crippen LogP contribution is 2.29. The zero-order valence-electron chi connectivity index (χ0n) is 17.3. The number of urea groups is 1. The van der Waals surface area contributed by atoms with E-state index in [-0.39, 0.29) is 11.9 Å². The van der Waals surface area contributed by atoms with E-state index in [1.807, 2.05) is 62.4 Å². The first-order valence-electron chi connectivity index (χ1n) is 10.3. The minimum Gasteiger partial charge on any atom is -0.492 e. The number of rotatable bonds is 5. The number of anilines is 1. The van der Waals surface area contributed by atoms with Gasteiger partial charge in [-0.2, -0.15) is 4.98 Å². The number of nitrogens with zero attached hydrogens (tertiary/aromatic N) is 3. The molecule has 7 nitrogen and oxygen atoms in total. The second-order valence-corrected chi connectivity index (χ2v) is 7.47. The molecule has 30 heavy (non-hydrogen) atoms. The van der Waals surface area contributed by atoms with E-state index in [9.17, 15) is 4.79 Å². The van der Waals surface area contributed by atoms with Crippen LogP contribution in [0.2, 0.25) is 0 Å². The van der Waals surface area contributed by atoms with E-state index in [0.29, 0.717) is 42.8 Å². The minimum absolute atomic E-state index is 0.0262. The average Bonchev–Trinajstić information content (AvgIpc) is 3.26. The van der Waals surface area contributed by atoms with E-state index in [1.54, 1.807) is 4.90 Å². The zero-order valence-corrected chi connectivity index (χ0v) is 17.3. The largest absolute Gasteiger partial charge is 0.492 e. The molecule has 1 aromatic heterocycles. The number of para-hydroxylation sites is 2. The Kier molecular flexibility index (Phi) is 5.97. The highest BCUT2D eigenvalue weighted by molar-refractivity contribution is 5.91. The topological polar surface area (TPSA) is 80.5 Å². The normalized spacial score (nSPS) is 16.3. The van der Waals surface area contributed by atoms with Crippen LogP contribution >= 0.6 is 0 Å². The number of amides is 2. The monoisotopic (exact) mass is 406 g/mol. The highest BCUT2D eigenvalue weighted by Gasteiger charge is 2.29. The molecule has 2 aromatic carbocycles. The molecule has 4 rings (SSSR count). The van der Waals surface area contributed by atoms with Crippen molar-refractivity contribution in [3.05, 3.63) is 60.0 Å². The highest BCUT2D eigenvalue weighted by atomic mass is 16.5. The molecule has 1 aliphatic rings. The second kappa shape index (κ2) is 8.98. The molecule has 1 saturated heterocycles. The first kappa shape index (κ1) is 19.9. The third-order valence-corrected chi connectivity index (χ3v) is 5.24. The first-order chi connectivity index (χ1) is 14.6. The summed E-state index contributed by atoms with van der Waals surface area (Å²) in [5.74, 6) is 1.86. The average molecular weight is 406 g/mol. The van der Waals surface area contributed by atoms with Crippen molar-refractivity contribution >= 4 is 11.7 Å². The maximum absolute atomic E-state index is 12.9. The van der Waals surface area contributed by atoms with Gasteiger partial charge in [-0.05, 0) is 38.8 Å². The van der Waals surface area contributed by atoms with Gasteiger partial charge in [0.05, 0.1) is 18.2 Å². The van der Waals surface area contributed by atoms with Crippen molar-refractivity contribution in [2.45, 2.75) is 32.6 Å². The van der Waals surface area contributed by atoms with E-state index in [1.165, 1.54) is 5.56 Å². The molecule has 0 saturated carbocycles. The van der Waals surface area contributed by atoms with E-state index in [4.69, 9.17) is 9.26 Å². The molecule has 156 valence electrons. The third-order valence-electron chi connectivity index (χ3n) is 5.24. The van der Waals surface area contributed by atoms with Gasteiger partial charge in [0.2, 0.25) is 11.7 Å². The van der Waals surface area contributed by atoms with Gasteiger partial charge in [0.15, 0.2) is 0 Å². The lowest BCUT2D eigenvalue weighted by Crippen LogP contribution is -2.41. The lowest BCUT2D eigenvalue weighted by atomic mass is 9.98. The summed E-state index contributed by atoms with van der Waals surface area (Å²) in [6, 6.07) is 15.3. The molecule has 2 heterocycles. The summed E-state index contributed by atoms with van der Waals surface area (Å²) in [5.41, 5.74) is 2.78. The van der Waals surface area contributed by atoms with Crippen LogP contribution in [0.5, 0.6) is 5.75 Å². The quantitative estimate of drug-likeness (QED) is 0.655. The van der Waals surface area contributed by atoms with Crippen molar-refractivity contribution in [3.63, 3.8) is 0 Å². The summed E-state index contributed by atoms with van der Waals surface area (Å²) in [6.45, 7) is 5.73. The molecule has 3 aromatic rings. The number of hydrogen-bond donors (Lipinski definition) is 1. The Morgan fingerprint density at radius 2 is 2.03 bits per heavy atom. The number of hydrogen-bond acceptors (Lipinski definition) is 5. The molecular formula is C23H26N4O3. The van der Waals surface area contributed by atoms with Crippen molar-refractivity contribution in [1.82, 2.24) is 15.0 Å². The van der Waals surface area contributed by atoms with Gasteiger partial charge in [0, 0.05) is 18.7 Å². The van der Waals surface area contributed by atoms with Crippen LogP contribution in [0.1, 0.15) is 37.1 Å². The molecule has 0 aliphatic carbocycles. The van der Waals surface area contributed by atoms with Crippen LogP contribution in [0.15, 0.2) is 53.1 Å². The van der Waals surface area contributed by atoms with Crippen LogP contribution in [-0.4, -0.2) is 40.8 Å². The number of nitrogens with one attached hydrogen (secondary N) is 1. The molecule has 0 spiro atoms. The Hall–Kier alpha value is -3.35. The lowest BCUT2D eigenvalue weighted by Gasteiger charge is -2.31. The van der Waals surface area contributed by atoms with Gasteiger partial charge in [0.1, 0.15) is 5.75 Å². The van der Waals surface area contributed by atoms with Gasteiger partial charge >= 0.3 is 6.03 Å². The molecule has 1 atom stereocenters. The van der Waals surface area contributed by atoms with Crippen molar-refractivity contribution in [2.75, 3.05) is 25.0 Å². The molecule has 2 amide bonds. The molecule has 1 fully saturated rings. The van der Waals surface area contributed by atoms with Crippen LogP contribution in [0.25, 0.3) is 11.4 Å². The Labute approximate surface area is 176 Å². The van der Waals surface area contributed by atoms with Gasteiger partial charge < -0.3 is 19.5 Å². The maximum atomic E-state index is 12.9. The summed E-state index contributed by atoms with van der Waals surface area (Å²) in [7, 11) is 0. The molecule has 1 N–H and O–H groups in total. The van der Waals surface area contributed by atoms with Crippen LogP contribution in [0, 0.1) is 6.92 Å². The maximum Gasteiger partial charge on any atom is 0.321 e. The molecule has 7 heteroatoms. The molecule has 0 bridgehead atoms. The van der Waals surface area contributed by atoms with Crippen molar-refractivity contribution < 1.29 is 14.1 Å². The van der Waals surface area contributed by atoms with Gasteiger partial charge in [-0.15, -0.1) is 0 Å². The van der Waals surface area contributed by atoms with Gasteiger partial charge in [-0.3, -0.25) is 0 Å². The third kappa shape index (κ3) is 4.45. The number of benzene rings is 2. The summed E-state index contributed by atoms with van der Waals surface area (Å²) >= 11 is 0. The predicted octanol–water partition coefficient (Wildman–Crippen LogP) is 4.86. The molecule has 1 aliphatic heterocycles. The number of ether oxygens (including phenoxy) is 1. The van der Waals surface area contributed by atoms with E-state index in [0.717, 1.165) is 18.4 Å². The van der Waals surface area contributed by atoms with Crippen LogP contribution in [-0.2, 0) is 0 Å². The van der Waals surface area contributed by atoms with E-state index >= 15 is 0 Å². The summed E-state index contributed by atoms with van der Waals surface area (Å²) < 4.78 is 11.1. The Bertz CT molecular complexity index is 1000. The number of aryl methyl sites for hydroxylation is 1. The van der Waals surface area contributed by atoms with Gasteiger partial charge in [-0.1, -0.05) is 47.1 Å². The summed E-state index contributed by atoms with van der Waals surface area (Å²) in [6.07, 6.45) is 1.79. The van der Waals surface area contributed by atoms with Crippen molar-refractivity contribution in [3.8, 4) is 17.1 Å². The SMILES string of the molecule is CCOc1ccccc1NC(=O)N1CCC[C@H](c2nc(-c3ccc(C)cc3)no2)C1. The summed E-state index contributed by atoms with van der Waals surface area (Å²) in [5, 5.41) is 7.11. The number of aromatic nitrogens is 2. The fourth-order valence-electron chi connectivity index (χ4n) is 3.63. The number of carbonyl (C=O) groups excluding carboxylic acids is 1. The Balaban J connectivity index is 1.43. The minimum atomic E-state index is -0.148. The van der Waals surface area contributed by atoms with Gasteiger partial charge in [-0.25, -0.2) is 4.79 Å². The van der Waals surface area contributed by atoms with E-state index in [2.05, 4.69) is 15.5 Å². The smallest absolute Gasteiger partial charge is 0.321 e. The molecular weight excluding hydrogens is 380 g/mol. The fraction of sp³-hybridized carbons (Fsp3) is 0.348. The van der Waals surface area contributed by atoms with Gasteiger partial charge in [0.25, 0.3) is 0 Å². The van der Waals surface area contributed by atoms with Crippen molar-refractivity contribution in [1.29, 1.82) is 0 Å². The standard InChI is InChI=1S/C23H26N4O3/c1-3-29-20-9-5-4-8-19(20)24-23(28)27-14-6-7-18(15-27)22-25-21(26-30-22)17-12-10-16(2)11-13-17/h4-5,8-13,18H,3,6-7,14-15H2,1-2H3,(H,24,28)/t18-/m0/s1. The lowest BCUT2D eigenvalue weighted by molar-refractivity contribution is 0.184. The van der Waals surface area contributed by atoms with Crippen LogP contribution < -0.4 is 10.1 Å². The Morgan fingerprint density at radius 3 is 2.83 bits per heavy atom. The van der Waals surface area contributed by atoms with Crippen LogP contribution in [0.3, 0.4) is 0 Å². The summed E-state index contributed by atoms with van der Waals surface area (Å²) in [4.78, 5) is 19.2. The Morgan fingerprint density at radius 1 is 1.23 bits per heavy atom. The van der Waals surface area contributed by atoms with E-state index < -0.39 is 0 Å². The second-order valence-electron chi connectivity index (χ2n) is 7.47. The predicted molar refractivity (Wildman–Crippen MR) is 115 cm³/mol. The number of piperidine rings is 1. The number of likely N-dealkylation sites (tertiary alicyclic amines) is 1. The van der Waals surface area contributed by atoms with Crippen molar-refractivity contribution in [2.24, 2.45) is 0 Å². The fourth-order valence-corrected chi connectivity index (χ4v) is 3.63. The van der Waals surface area contributed by atoms with Crippen LogP contribution in [0.4, 0.5) is 10.5 Å². The zero-order chi connectivity index (χ0) is 20.9. The first-order valence-corrected chi connectivity index (χ1v) is 10.3. The number of carbonyl (C=O) groups is 1.